The molecule has 1 aromatic rings. The van der Waals surface area contributed by atoms with Crippen molar-refractivity contribution in [2.45, 2.75) is 76.2 Å². The number of carbonyl (C=O) groups is 1. The first-order valence-corrected chi connectivity index (χ1v) is 12.8. The zero-order valence-electron chi connectivity index (χ0n) is 20.4. The van der Waals surface area contributed by atoms with E-state index in [-0.39, 0.29) is 23.7 Å². The van der Waals surface area contributed by atoms with E-state index in [1.807, 2.05) is 6.08 Å². The quantitative estimate of drug-likeness (QED) is 0.652. The number of aliphatic hydroxyl groups excluding tert-OH is 1. The van der Waals surface area contributed by atoms with Crippen LogP contribution in [0.2, 0.25) is 0 Å². The summed E-state index contributed by atoms with van der Waals surface area (Å²) in [6.45, 7) is 2.47. The van der Waals surface area contributed by atoms with Crippen molar-refractivity contribution in [3.8, 4) is 0 Å². The van der Waals surface area contributed by atoms with Crippen LogP contribution in [0.3, 0.4) is 0 Å². The van der Waals surface area contributed by atoms with Gasteiger partial charge < -0.3 is 15.1 Å². The van der Waals surface area contributed by atoms with E-state index in [2.05, 4.69) is 50.2 Å². The van der Waals surface area contributed by atoms with Crippen molar-refractivity contribution in [1.82, 2.24) is 0 Å². The Labute approximate surface area is 198 Å². The third-order valence-corrected chi connectivity index (χ3v) is 9.62. The maximum atomic E-state index is 12.2. The molecular formula is C29H39NO3. The van der Waals surface area contributed by atoms with E-state index < -0.39 is 5.60 Å². The molecule has 0 aromatic heterocycles. The van der Waals surface area contributed by atoms with Gasteiger partial charge in [-0.25, -0.2) is 0 Å². The van der Waals surface area contributed by atoms with Gasteiger partial charge in [0, 0.05) is 44.1 Å². The number of aliphatic hydroxyl groups is 2. The standard InChI is InChI=1S/C29H39NO3/c1-28-18-25(19-5-8-21(9-6-19)30(2)3)27-23-12-10-22(32)17-20(23)7-11-24(27)26(28)13-15-29(28,33)14-4-16-31/h5-6,8-9,17,24-26,31,33H,4,7,10-16,18H2,1-3H3/t24-,25?,26-,28+,29+/m0/s1. The Morgan fingerprint density at radius 1 is 1.09 bits per heavy atom. The molecule has 2 fully saturated rings. The molecule has 2 saturated carbocycles. The fraction of sp³-hybridized carbons (Fsp3) is 0.621. The van der Waals surface area contributed by atoms with E-state index in [0.29, 0.717) is 31.1 Å². The van der Waals surface area contributed by atoms with Gasteiger partial charge in [-0.2, -0.15) is 0 Å². The molecule has 0 amide bonds. The molecule has 4 heteroatoms. The first-order chi connectivity index (χ1) is 15.8. The molecule has 4 aliphatic carbocycles. The maximum absolute atomic E-state index is 12.2. The van der Waals surface area contributed by atoms with E-state index >= 15 is 0 Å². The number of ketones is 1. The Balaban J connectivity index is 1.62. The number of rotatable bonds is 5. The predicted molar refractivity (Wildman–Crippen MR) is 132 cm³/mol. The van der Waals surface area contributed by atoms with Crippen LogP contribution in [0, 0.1) is 17.3 Å². The molecule has 4 nitrogen and oxygen atoms in total. The van der Waals surface area contributed by atoms with Crippen molar-refractivity contribution < 1.29 is 15.0 Å². The minimum absolute atomic E-state index is 0.138. The van der Waals surface area contributed by atoms with Crippen LogP contribution in [0.25, 0.3) is 0 Å². The van der Waals surface area contributed by atoms with Crippen molar-refractivity contribution in [3.63, 3.8) is 0 Å². The molecule has 5 rings (SSSR count). The van der Waals surface area contributed by atoms with Gasteiger partial charge in [-0.15, -0.1) is 0 Å². The number of anilines is 1. The first kappa shape index (κ1) is 22.9. The minimum Gasteiger partial charge on any atom is -0.396 e. The second kappa shape index (κ2) is 8.39. The van der Waals surface area contributed by atoms with Gasteiger partial charge in [-0.1, -0.05) is 24.6 Å². The Bertz CT molecular complexity index is 991. The Kier molecular flexibility index (Phi) is 5.81. The van der Waals surface area contributed by atoms with Crippen LogP contribution in [0.4, 0.5) is 5.69 Å². The van der Waals surface area contributed by atoms with E-state index in [0.717, 1.165) is 38.5 Å². The maximum Gasteiger partial charge on any atom is 0.156 e. The second-order valence-electron chi connectivity index (χ2n) is 11.4. The van der Waals surface area contributed by atoms with Gasteiger partial charge >= 0.3 is 0 Å². The third kappa shape index (κ3) is 3.61. The summed E-state index contributed by atoms with van der Waals surface area (Å²) in [5.41, 5.74) is 5.98. The number of hydrogen-bond acceptors (Lipinski definition) is 4. The summed E-state index contributed by atoms with van der Waals surface area (Å²) in [5, 5.41) is 21.4. The normalized spacial score (nSPS) is 35.6. The molecule has 2 N–H and O–H groups in total. The molecule has 4 aliphatic rings. The molecule has 1 aromatic carbocycles. The van der Waals surface area contributed by atoms with Gasteiger partial charge in [0.2, 0.25) is 0 Å². The Morgan fingerprint density at radius 2 is 1.85 bits per heavy atom. The van der Waals surface area contributed by atoms with Crippen molar-refractivity contribution in [2.24, 2.45) is 17.3 Å². The highest BCUT2D eigenvalue weighted by molar-refractivity contribution is 5.93. The van der Waals surface area contributed by atoms with Crippen molar-refractivity contribution in [3.05, 3.63) is 52.6 Å². The van der Waals surface area contributed by atoms with Crippen molar-refractivity contribution in [2.75, 3.05) is 25.6 Å². The molecule has 0 spiro atoms. The number of carbonyl (C=O) groups excluding carboxylic acids is 1. The second-order valence-corrected chi connectivity index (χ2v) is 11.4. The molecule has 0 radical (unpaired) electrons. The van der Waals surface area contributed by atoms with Gasteiger partial charge in [0.15, 0.2) is 5.78 Å². The van der Waals surface area contributed by atoms with Gasteiger partial charge in [0.05, 0.1) is 5.60 Å². The highest BCUT2D eigenvalue weighted by atomic mass is 16.3. The molecule has 1 unspecified atom stereocenters. The average molecular weight is 450 g/mol. The van der Waals surface area contributed by atoms with E-state index in [4.69, 9.17) is 0 Å². The summed E-state index contributed by atoms with van der Waals surface area (Å²) < 4.78 is 0. The highest BCUT2D eigenvalue weighted by Gasteiger charge is 2.62. The van der Waals surface area contributed by atoms with Crippen LogP contribution in [0.5, 0.6) is 0 Å². The number of fused-ring (bicyclic) bond motifs is 4. The zero-order valence-corrected chi connectivity index (χ0v) is 20.4. The van der Waals surface area contributed by atoms with Crippen LogP contribution >= 0.6 is 0 Å². The lowest BCUT2D eigenvalue weighted by atomic mass is 9.51. The summed E-state index contributed by atoms with van der Waals surface area (Å²) in [5.74, 6) is 1.50. The summed E-state index contributed by atoms with van der Waals surface area (Å²) in [4.78, 5) is 14.3. The summed E-state index contributed by atoms with van der Waals surface area (Å²) >= 11 is 0. The van der Waals surface area contributed by atoms with Crippen LogP contribution < -0.4 is 4.90 Å². The van der Waals surface area contributed by atoms with Crippen molar-refractivity contribution >= 4 is 11.5 Å². The molecular weight excluding hydrogens is 410 g/mol. The zero-order chi connectivity index (χ0) is 23.4. The lowest BCUT2D eigenvalue weighted by Crippen LogP contribution is -2.51. The smallest absolute Gasteiger partial charge is 0.156 e. The van der Waals surface area contributed by atoms with Crippen LogP contribution in [-0.4, -0.2) is 42.3 Å². The molecule has 0 heterocycles. The predicted octanol–water partition coefficient (Wildman–Crippen LogP) is 5.16. The topological polar surface area (TPSA) is 60.8 Å². The van der Waals surface area contributed by atoms with E-state index in [1.165, 1.54) is 22.4 Å². The van der Waals surface area contributed by atoms with Gasteiger partial charge in [0.25, 0.3) is 0 Å². The number of allylic oxidation sites excluding steroid dienone is 4. The monoisotopic (exact) mass is 449 g/mol. The summed E-state index contributed by atoms with van der Waals surface area (Å²) in [7, 11) is 4.14. The minimum atomic E-state index is -0.711. The Morgan fingerprint density at radius 3 is 2.55 bits per heavy atom. The molecule has 178 valence electrons. The van der Waals surface area contributed by atoms with Crippen molar-refractivity contribution in [1.29, 1.82) is 0 Å². The number of benzene rings is 1. The fourth-order valence-electron chi connectivity index (χ4n) is 7.84. The summed E-state index contributed by atoms with van der Waals surface area (Å²) in [6.07, 6.45) is 9.68. The SMILES string of the molecule is CN(C)c1ccc(C2C[C@]3(C)[C@@H](CC[C@]3(O)CCCO)[C@@H]3CCC4=CC(=O)CCC4=C23)cc1. The van der Waals surface area contributed by atoms with E-state index in [1.54, 1.807) is 5.57 Å². The molecule has 0 saturated heterocycles. The third-order valence-electron chi connectivity index (χ3n) is 9.62. The Hall–Kier alpha value is -1.91. The molecule has 5 atom stereocenters. The molecule has 33 heavy (non-hydrogen) atoms. The lowest BCUT2D eigenvalue weighted by Gasteiger charge is -2.55. The lowest BCUT2D eigenvalue weighted by molar-refractivity contribution is -0.114. The first-order valence-electron chi connectivity index (χ1n) is 12.8. The van der Waals surface area contributed by atoms with Gasteiger partial charge in [-0.3, -0.25) is 4.79 Å². The van der Waals surface area contributed by atoms with Crippen LogP contribution in [0.15, 0.2) is 47.1 Å². The van der Waals surface area contributed by atoms with Crippen LogP contribution in [0.1, 0.15) is 76.2 Å². The van der Waals surface area contributed by atoms with Gasteiger partial charge in [-0.05, 0) is 98.1 Å². The molecule has 0 aliphatic heterocycles. The highest BCUT2D eigenvalue weighted by Crippen LogP contribution is 2.67. The fourth-order valence-corrected chi connectivity index (χ4v) is 7.84. The average Bonchev–Trinajstić information content (AvgIpc) is 3.07. The van der Waals surface area contributed by atoms with Gasteiger partial charge in [0.1, 0.15) is 0 Å². The van der Waals surface area contributed by atoms with Crippen LogP contribution in [-0.2, 0) is 4.79 Å². The number of nitrogens with zero attached hydrogens (tertiary/aromatic N) is 1. The number of hydrogen-bond donors (Lipinski definition) is 2. The summed E-state index contributed by atoms with van der Waals surface area (Å²) in [6, 6.07) is 8.98. The van der Waals surface area contributed by atoms with E-state index in [9.17, 15) is 15.0 Å². The largest absolute Gasteiger partial charge is 0.396 e. The molecule has 0 bridgehead atoms.